The van der Waals surface area contributed by atoms with Crippen LogP contribution in [-0.4, -0.2) is 13.0 Å². The molecule has 0 heterocycles. The van der Waals surface area contributed by atoms with Gasteiger partial charge in [0.05, 0.1) is 12.8 Å². The van der Waals surface area contributed by atoms with Gasteiger partial charge in [-0.2, -0.15) is 0 Å². The Labute approximate surface area is 120 Å². The van der Waals surface area contributed by atoms with Crippen molar-refractivity contribution >= 4 is 17.7 Å². The summed E-state index contributed by atoms with van der Waals surface area (Å²) in [4.78, 5) is 11.7. The summed E-state index contributed by atoms with van der Waals surface area (Å²) < 4.78 is 31.5. The maximum Gasteiger partial charge on any atom is 0.248 e. The summed E-state index contributed by atoms with van der Waals surface area (Å²) in [5, 5.41) is 2.28. The second-order valence-electron chi connectivity index (χ2n) is 4.19. The third-order valence-electron chi connectivity index (χ3n) is 2.74. The van der Waals surface area contributed by atoms with Crippen LogP contribution in [0.2, 0.25) is 0 Å². The van der Waals surface area contributed by atoms with Crippen molar-refractivity contribution in [3.8, 4) is 5.75 Å². The molecule has 0 spiro atoms. The fourth-order valence-corrected chi connectivity index (χ4v) is 1.74. The molecule has 0 atom stereocenters. The average molecular weight is 289 g/mol. The first-order valence-electron chi connectivity index (χ1n) is 6.17. The summed E-state index contributed by atoms with van der Waals surface area (Å²) >= 11 is 0. The number of carbonyl (C=O) groups is 1. The number of amides is 1. The number of anilines is 1. The van der Waals surface area contributed by atoms with Crippen molar-refractivity contribution in [2.75, 3.05) is 12.4 Å². The molecule has 0 fully saturated rings. The molecular formula is C16H13F2NO2. The monoisotopic (exact) mass is 289 g/mol. The van der Waals surface area contributed by atoms with Crippen LogP contribution >= 0.6 is 0 Å². The molecule has 0 unspecified atom stereocenters. The Balaban J connectivity index is 2.11. The lowest BCUT2D eigenvalue weighted by Gasteiger charge is -2.05. The van der Waals surface area contributed by atoms with E-state index in [-0.39, 0.29) is 5.69 Å². The number of hydrogen-bond donors (Lipinski definition) is 1. The van der Waals surface area contributed by atoms with Gasteiger partial charge in [-0.3, -0.25) is 4.79 Å². The molecule has 1 N–H and O–H groups in total. The summed E-state index contributed by atoms with van der Waals surface area (Å²) in [7, 11) is 1.52. The molecule has 2 rings (SSSR count). The summed E-state index contributed by atoms with van der Waals surface area (Å²) in [5.74, 6) is -1.28. The van der Waals surface area contributed by atoms with Gasteiger partial charge in [-0.15, -0.1) is 0 Å². The van der Waals surface area contributed by atoms with Crippen LogP contribution in [-0.2, 0) is 4.79 Å². The van der Waals surface area contributed by atoms with Crippen molar-refractivity contribution in [2.45, 2.75) is 0 Å². The highest BCUT2D eigenvalue weighted by molar-refractivity contribution is 6.02. The zero-order valence-electron chi connectivity index (χ0n) is 11.3. The number of halogens is 2. The zero-order chi connectivity index (χ0) is 15.2. The van der Waals surface area contributed by atoms with Gasteiger partial charge in [0.1, 0.15) is 17.4 Å². The highest BCUT2D eigenvalue weighted by Crippen LogP contribution is 2.19. The van der Waals surface area contributed by atoms with Crippen LogP contribution in [0.4, 0.5) is 14.5 Å². The smallest absolute Gasteiger partial charge is 0.248 e. The zero-order valence-corrected chi connectivity index (χ0v) is 11.3. The third kappa shape index (κ3) is 3.89. The van der Waals surface area contributed by atoms with Crippen molar-refractivity contribution in [1.29, 1.82) is 0 Å². The third-order valence-corrected chi connectivity index (χ3v) is 2.74. The Morgan fingerprint density at radius 3 is 2.71 bits per heavy atom. The summed E-state index contributed by atoms with van der Waals surface area (Å²) in [6.07, 6.45) is 2.76. The summed E-state index contributed by atoms with van der Waals surface area (Å²) in [6, 6.07) is 9.98. The van der Waals surface area contributed by atoms with Gasteiger partial charge in [-0.05, 0) is 24.3 Å². The molecule has 0 saturated heterocycles. The van der Waals surface area contributed by atoms with Crippen LogP contribution in [0.1, 0.15) is 5.56 Å². The minimum absolute atomic E-state index is 0.204. The number of hydrogen-bond acceptors (Lipinski definition) is 2. The van der Waals surface area contributed by atoms with E-state index in [9.17, 15) is 13.6 Å². The van der Waals surface area contributed by atoms with E-state index in [1.54, 1.807) is 24.3 Å². The Kier molecular flexibility index (Phi) is 4.66. The number of rotatable bonds is 4. The molecule has 0 aliphatic carbocycles. The fraction of sp³-hybridized carbons (Fsp3) is 0.0625. The number of carbonyl (C=O) groups excluding carboxylic acids is 1. The van der Waals surface area contributed by atoms with Gasteiger partial charge in [0.15, 0.2) is 0 Å². The molecule has 5 heteroatoms. The quantitative estimate of drug-likeness (QED) is 0.873. The molecule has 0 aliphatic rings. The van der Waals surface area contributed by atoms with Gasteiger partial charge in [0, 0.05) is 17.7 Å². The lowest BCUT2D eigenvalue weighted by molar-refractivity contribution is -0.111. The van der Waals surface area contributed by atoms with Gasteiger partial charge >= 0.3 is 0 Å². The molecule has 2 aromatic rings. The van der Waals surface area contributed by atoms with Crippen LogP contribution in [0.15, 0.2) is 48.5 Å². The first-order valence-corrected chi connectivity index (χ1v) is 6.17. The Bertz CT molecular complexity index is 684. The first kappa shape index (κ1) is 14.7. The van der Waals surface area contributed by atoms with Gasteiger partial charge in [0.25, 0.3) is 0 Å². The van der Waals surface area contributed by atoms with Gasteiger partial charge in [0.2, 0.25) is 5.91 Å². The van der Waals surface area contributed by atoms with E-state index in [0.717, 1.165) is 18.2 Å². The van der Waals surface area contributed by atoms with Crippen molar-refractivity contribution in [3.63, 3.8) is 0 Å². The highest BCUT2D eigenvalue weighted by atomic mass is 19.1. The maximum atomic E-state index is 13.4. The Morgan fingerprint density at radius 2 is 1.95 bits per heavy atom. The van der Waals surface area contributed by atoms with Crippen molar-refractivity contribution in [3.05, 3.63) is 65.7 Å². The van der Waals surface area contributed by atoms with E-state index in [4.69, 9.17) is 4.74 Å². The van der Waals surface area contributed by atoms with Gasteiger partial charge < -0.3 is 10.1 Å². The molecule has 0 saturated carbocycles. The van der Waals surface area contributed by atoms with E-state index < -0.39 is 17.5 Å². The predicted molar refractivity (Wildman–Crippen MR) is 77.0 cm³/mol. The molecule has 0 aromatic heterocycles. The van der Waals surface area contributed by atoms with Crippen LogP contribution < -0.4 is 10.1 Å². The molecule has 1 amide bonds. The molecule has 2 aromatic carbocycles. The summed E-state index contributed by atoms with van der Waals surface area (Å²) in [5.41, 5.74) is 0.500. The number of methoxy groups -OCH3 is 1. The van der Waals surface area contributed by atoms with Crippen molar-refractivity contribution in [1.82, 2.24) is 0 Å². The molecule has 108 valence electrons. The normalized spacial score (nSPS) is 10.6. The van der Waals surface area contributed by atoms with Crippen LogP contribution in [0.5, 0.6) is 5.75 Å². The minimum Gasteiger partial charge on any atom is -0.496 e. The molecule has 0 radical (unpaired) electrons. The highest BCUT2D eigenvalue weighted by Gasteiger charge is 2.06. The van der Waals surface area contributed by atoms with Crippen LogP contribution in [0, 0.1) is 11.6 Å². The van der Waals surface area contributed by atoms with E-state index in [0.29, 0.717) is 11.3 Å². The molecule has 21 heavy (non-hydrogen) atoms. The second-order valence-corrected chi connectivity index (χ2v) is 4.19. The topological polar surface area (TPSA) is 38.3 Å². The summed E-state index contributed by atoms with van der Waals surface area (Å²) in [6.45, 7) is 0. The largest absolute Gasteiger partial charge is 0.496 e. The first-order chi connectivity index (χ1) is 10.1. The maximum absolute atomic E-state index is 13.4. The standard InChI is InChI=1S/C16H13F2NO2/c1-21-15-5-3-2-4-11(15)6-9-16(20)19-14-10-12(17)7-8-13(14)18/h2-10H,1H3,(H,19,20)/b9-6+. The van der Waals surface area contributed by atoms with Gasteiger partial charge in [-0.1, -0.05) is 18.2 Å². The molecule has 0 aliphatic heterocycles. The molecular weight excluding hydrogens is 276 g/mol. The second kappa shape index (κ2) is 6.65. The number of benzene rings is 2. The van der Waals surface area contributed by atoms with E-state index in [1.165, 1.54) is 19.3 Å². The fourth-order valence-electron chi connectivity index (χ4n) is 1.74. The SMILES string of the molecule is COc1ccccc1/C=C/C(=O)Nc1cc(F)ccc1F. The number of ether oxygens (including phenoxy) is 1. The van der Waals surface area contributed by atoms with E-state index >= 15 is 0 Å². The molecule has 0 bridgehead atoms. The van der Waals surface area contributed by atoms with Gasteiger partial charge in [-0.25, -0.2) is 8.78 Å². The Hall–Kier alpha value is -2.69. The lowest BCUT2D eigenvalue weighted by Crippen LogP contribution is -2.09. The average Bonchev–Trinajstić information content (AvgIpc) is 2.49. The predicted octanol–water partition coefficient (Wildman–Crippen LogP) is 3.63. The van der Waals surface area contributed by atoms with Crippen LogP contribution in [0.3, 0.4) is 0 Å². The number of para-hydroxylation sites is 1. The number of nitrogens with one attached hydrogen (secondary N) is 1. The van der Waals surface area contributed by atoms with Crippen molar-refractivity contribution in [2.24, 2.45) is 0 Å². The lowest BCUT2D eigenvalue weighted by atomic mass is 10.2. The van der Waals surface area contributed by atoms with E-state index in [2.05, 4.69) is 5.32 Å². The van der Waals surface area contributed by atoms with Crippen molar-refractivity contribution < 1.29 is 18.3 Å². The minimum atomic E-state index is -0.699. The Morgan fingerprint density at radius 1 is 1.19 bits per heavy atom. The van der Waals surface area contributed by atoms with Crippen LogP contribution in [0.25, 0.3) is 6.08 Å². The van der Waals surface area contributed by atoms with E-state index in [1.807, 2.05) is 0 Å². The molecule has 3 nitrogen and oxygen atoms in total.